The highest BCUT2D eigenvalue weighted by Crippen LogP contribution is 2.36. The van der Waals surface area contributed by atoms with E-state index in [1.54, 1.807) is 6.92 Å². The number of aliphatic hydroxyl groups is 1. The van der Waals surface area contributed by atoms with Crippen molar-refractivity contribution in [2.75, 3.05) is 0 Å². The number of hydrogen-bond acceptors (Lipinski definition) is 1. The van der Waals surface area contributed by atoms with Gasteiger partial charge in [0, 0.05) is 8.96 Å². The molecule has 1 N–H and O–H groups in total. The number of hydrogen-bond donors (Lipinski definition) is 1. The first-order valence-electron chi connectivity index (χ1n) is 4.82. The standard InChI is InChI=1S/C12H14Br2O/c1-3-12(2,15)11(14)10(13)9-7-5-4-6-8-9/h4-8,15H,3H2,1-2H3/b11-10+. The SMILES string of the molecule is CCC(C)(O)/C(Br)=C(\Br)c1ccccc1. The van der Waals surface area contributed by atoms with E-state index < -0.39 is 5.60 Å². The maximum Gasteiger partial charge on any atom is 0.0941 e. The summed E-state index contributed by atoms with van der Waals surface area (Å²) in [5, 5.41) is 10.1. The third-order valence-electron chi connectivity index (χ3n) is 2.38. The van der Waals surface area contributed by atoms with Crippen molar-refractivity contribution in [3.05, 3.63) is 40.4 Å². The van der Waals surface area contributed by atoms with Crippen LogP contribution in [0.15, 0.2) is 34.8 Å². The maximum atomic E-state index is 10.1. The van der Waals surface area contributed by atoms with Crippen molar-refractivity contribution < 1.29 is 5.11 Å². The zero-order valence-corrected chi connectivity index (χ0v) is 12.0. The molecular formula is C12H14Br2O. The van der Waals surface area contributed by atoms with E-state index in [1.807, 2.05) is 37.3 Å². The van der Waals surface area contributed by atoms with Crippen LogP contribution in [0, 0.1) is 0 Å². The highest BCUT2D eigenvalue weighted by molar-refractivity contribution is 9.16. The molecule has 0 heterocycles. The van der Waals surface area contributed by atoms with E-state index in [2.05, 4.69) is 31.9 Å². The first-order chi connectivity index (χ1) is 6.99. The smallest absolute Gasteiger partial charge is 0.0941 e. The molecule has 0 amide bonds. The van der Waals surface area contributed by atoms with E-state index in [0.717, 1.165) is 14.5 Å². The van der Waals surface area contributed by atoms with E-state index in [0.29, 0.717) is 6.42 Å². The number of rotatable bonds is 3. The first-order valence-corrected chi connectivity index (χ1v) is 6.41. The van der Waals surface area contributed by atoms with Crippen molar-refractivity contribution in [1.82, 2.24) is 0 Å². The monoisotopic (exact) mass is 332 g/mol. The summed E-state index contributed by atoms with van der Waals surface area (Å²) in [6.45, 7) is 3.74. The molecule has 1 aromatic rings. The average Bonchev–Trinajstić information content (AvgIpc) is 2.28. The Morgan fingerprint density at radius 2 is 1.80 bits per heavy atom. The van der Waals surface area contributed by atoms with Gasteiger partial charge in [-0.25, -0.2) is 0 Å². The molecular weight excluding hydrogens is 320 g/mol. The Bertz CT molecular complexity index is 355. The fourth-order valence-corrected chi connectivity index (χ4v) is 2.30. The van der Waals surface area contributed by atoms with Gasteiger partial charge in [-0.1, -0.05) is 53.2 Å². The van der Waals surface area contributed by atoms with Gasteiger partial charge < -0.3 is 5.11 Å². The van der Waals surface area contributed by atoms with Gasteiger partial charge >= 0.3 is 0 Å². The van der Waals surface area contributed by atoms with Gasteiger partial charge in [-0.05, 0) is 34.8 Å². The van der Waals surface area contributed by atoms with Gasteiger partial charge in [0.1, 0.15) is 0 Å². The summed E-state index contributed by atoms with van der Waals surface area (Å²) in [6, 6.07) is 9.90. The average molecular weight is 334 g/mol. The van der Waals surface area contributed by atoms with Crippen molar-refractivity contribution in [1.29, 1.82) is 0 Å². The molecule has 15 heavy (non-hydrogen) atoms. The van der Waals surface area contributed by atoms with Crippen LogP contribution in [0.5, 0.6) is 0 Å². The summed E-state index contributed by atoms with van der Waals surface area (Å²) in [5.41, 5.74) is 0.229. The highest BCUT2D eigenvalue weighted by atomic mass is 79.9. The molecule has 0 saturated carbocycles. The molecule has 0 spiro atoms. The molecule has 0 saturated heterocycles. The molecule has 1 aromatic carbocycles. The Morgan fingerprint density at radius 3 is 2.27 bits per heavy atom. The van der Waals surface area contributed by atoms with Crippen LogP contribution in [0.25, 0.3) is 4.48 Å². The minimum absolute atomic E-state index is 0.662. The lowest BCUT2D eigenvalue weighted by Crippen LogP contribution is -2.23. The molecule has 0 fully saturated rings. The molecule has 0 radical (unpaired) electrons. The Morgan fingerprint density at radius 1 is 1.27 bits per heavy atom. The van der Waals surface area contributed by atoms with E-state index >= 15 is 0 Å². The van der Waals surface area contributed by atoms with Crippen LogP contribution in [-0.4, -0.2) is 10.7 Å². The second-order valence-electron chi connectivity index (χ2n) is 3.62. The Balaban J connectivity index is 3.11. The molecule has 0 aliphatic carbocycles. The fourth-order valence-electron chi connectivity index (χ4n) is 1.10. The fraction of sp³-hybridized carbons (Fsp3) is 0.333. The molecule has 0 aromatic heterocycles. The molecule has 1 rings (SSSR count). The Hall–Kier alpha value is -0.120. The molecule has 1 nitrogen and oxygen atoms in total. The van der Waals surface area contributed by atoms with Crippen LogP contribution in [0.4, 0.5) is 0 Å². The lowest BCUT2D eigenvalue weighted by Gasteiger charge is -2.22. The van der Waals surface area contributed by atoms with Gasteiger partial charge in [-0.15, -0.1) is 0 Å². The predicted molar refractivity (Wildman–Crippen MR) is 72.1 cm³/mol. The van der Waals surface area contributed by atoms with Crippen molar-refractivity contribution in [3.8, 4) is 0 Å². The summed E-state index contributed by atoms with van der Waals surface area (Å²) in [6.07, 6.45) is 0.662. The molecule has 0 aliphatic heterocycles. The minimum atomic E-state index is -0.825. The quantitative estimate of drug-likeness (QED) is 0.874. The highest BCUT2D eigenvalue weighted by Gasteiger charge is 2.24. The van der Waals surface area contributed by atoms with Crippen LogP contribution in [-0.2, 0) is 0 Å². The zero-order valence-electron chi connectivity index (χ0n) is 8.80. The third kappa shape index (κ3) is 3.16. The van der Waals surface area contributed by atoms with Crippen LogP contribution in [0.1, 0.15) is 25.8 Å². The van der Waals surface area contributed by atoms with Gasteiger partial charge in [0.2, 0.25) is 0 Å². The van der Waals surface area contributed by atoms with E-state index in [9.17, 15) is 5.11 Å². The Kier molecular flexibility index (Phi) is 4.56. The molecule has 0 bridgehead atoms. The second-order valence-corrected chi connectivity index (χ2v) is 5.21. The summed E-state index contributed by atoms with van der Waals surface area (Å²) in [5.74, 6) is 0. The lowest BCUT2D eigenvalue weighted by molar-refractivity contribution is 0.105. The van der Waals surface area contributed by atoms with Crippen LogP contribution in [0.2, 0.25) is 0 Å². The molecule has 3 heteroatoms. The summed E-state index contributed by atoms with van der Waals surface area (Å²) >= 11 is 6.95. The van der Waals surface area contributed by atoms with Crippen LogP contribution >= 0.6 is 31.9 Å². The van der Waals surface area contributed by atoms with Crippen molar-refractivity contribution in [3.63, 3.8) is 0 Å². The van der Waals surface area contributed by atoms with Gasteiger partial charge in [0.15, 0.2) is 0 Å². The van der Waals surface area contributed by atoms with Crippen molar-refractivity contribution in [2.24, 2.45) is 0 Å². The largest absolute Gasteiger partial charge is 0.385 e. The molecule has 0 aliphatic rings. The summed E-state index contributed by atoms with van der Waals surface area (Å²) in [7, 11) is 0. The van der Waals surface area contributed by atoms with E-state index in [4.69, 9.17) is 0 Å². The van der Waals surface area contributed by atoms with E-state index in [-0.39, 0.29) is 0 Å². The topological polar surface area (TPSA) is 20.2 Å². The number of halogens is 2. The second kappa shape index (κ2) is 5.28. The van der Waals surface area contributed by atoms with Gasteiger partial charge in [-0.2, -0.15) is 0 Å². The summed E-state index contributed by atoms with van der Waals surface area (Å²) < 4.78 is 1.68. The predicted octanol–water partition coefficient (Wildman–Crippen LogP) is 4.31. The maximum absolute atomic E-state index is 10.1. The Labute approximate surface area is 107 Å². The van der Waals surface area contributed by atoms with Gasteiger partial charge in [-0.3, -0.25) is 0 Å². The number of benzene rings is 1. The van der Waals surface area contributed by atoms with Crippen molar-refractivity contribution >= 4 is 36.3 Å². The normalized spacial score (nSPS) is 16.9. The van der Waals surface area contributed by atoms with Crippen LogP contribution in [0.3, 0.4) is 0 Å². The molecule has 82 valence electrons. The minimum Gasteiger partial charge on any atom is -0.385 e. The van der Waals surface area contributed by atoms with Gasteiger partial charge in [0.25, 0.3) is 0 Å². The summed E-state index contributed by atoms with van der Waals surface area (Å²) in [4.78, 5) is 0. The van der Waals surface area contributed by atoms with Crippen LogP contribution < -0.4 is 0 Å². The molecule has 1 unspecified atom stereocenters. The first kappa shape index (κ1) is 12.9. The third-order valence-corrected chi connectivity index (χ3v) is 5.02. The van der Waals surface area contributed by atoms with E-state index in [1.165, 1.54) is 0 Å². The molecule has 1 atom stereocenters. The zero-order chi connectivity index (χ0) is 11.5. The lowest BCUT2D eigenvalue weighted by atomic mass is 10.0. The van der Waals surface area contributed by atoms with Crippen molar-refractivity contribution in [2.45, 2.75) is 25.9 Å². The van der Waals surface area contributed by atoms with Gasteiger partial charge in [0.05, 0.1) is 5.60 Å².